The lowest BCUT2D eigenvalue weighted by Crippen LogP contribution is -2.43. The molecule has 0 saturated carbocycles. The minimum absolute atomic E-state index is 0.164. The molecule has 1 saturated heterocycles. The first-order valence-corrected chi connectivity index (χ1v) is 7.57. The van der Waals surface area contributed by atoms with Gasteiger partial charge in [-0.05, 0) is 50.4 Å². The van der Waals surface area contributed by atoms with Crippen LogP contribution in [0, 0.1) is 0 Å². The molecule has 0 spiro atoms. The number of nitrogens with zero attached hydrogens (tertiary/aromatic N) is 1. The van der Waals surface area contributed by atoms with Gasteiger partial charge >= 0.3 is 0 Å². The van der Waals surface area contributed by atoms with Gasteiger partial charge in [-0.2, -0.15) is 0 Å². The first-order valence-electron chi connectivity index (χ1n) is 6.35. The highest BCUT2D eigenvalue weighted by Crippen LogP contribution is 2.18. The maximum atomic E-state index is 12.3. The number of hydrogen-bond acceptors (Lipinski definition) is 3. The Morgan fingerprint density at radius 3 is 2.39 bits per heavy atom. The Kier molecular flexibility index (Phi) is 4.66. The van der Waals surface area contributed by atoms with Crippen molar-refractivity contribution < 1.29 is 4.79 Å². The minimum Gasteiger partial charge on any atom is -0.339 e. The molecule has 1 heterocycles. The summed E-state index contributed by atoms with van der Waals surface area (Å²) in [6.07, 6.45) is 4.13. The van der Waals surface area contributed by atoms with E-state index in [4.69, 9.17) is 0 Å². The van der Waals surface area contributed by atoms with Crippen LogP contribution in [0.25, 0.3) is 0 Å². The van der Waals surface area contributed by atoms with Crippen LogP contribution < -0.4 is 5.32 Å². The van der Waals surface area contributed by atoms with Crippen LogP contribution in [0.3, 0.4) is 0 Å². The quantitative estimate of drug-likeness (QED) is 0.850. The number of thioether (sulfide) groups is 1. The predicted octanol–water partition coefficient (Wildman–Crippen LogP) is 2.23. The Hall–Kier alpha value is -1.00. The summed E-state index contributed by atoms with van der Waals surface area (Å²) in [6, 6.07) is 8.44. The second-order valence-corrected chi connectivity index (χ2v) is 5.46. The zero-order valence-corrected chi connectivity index (χ0v) is 11.8. The molecule has 18 heavy (non-hydrogen) atoms. The van der Waals surface area contributed by atoms with Crippen molar-refractivity contribution in [1.82, 2.24) is 10.2 Å². The van der Waals surface area contributed by atoms with Crippen molar-refractivity contribution in [1.29, 1.82) is 0 Å². The second kappa shape index (κ2) is 6.25. The number of benzene rings is 1. The Labute approximate surface area is 113 Å². The van der Waals surface area contributed by atoms with Gasteiger partial charge in [0.05, 0.1) is 0 Å². The monoisotopic (exact) mass is 264 g/mol. The summed E-state index contributed by atoms with van der Waals surface area (Å²) < 4.78 is 0. The first-order chi connectivity index (χ1) is 8.74. The minimum atomic E-state index is 0.164. The lowest BCUT2D eigenvalue weighted by molar-refractivity contribution is 0.0707. The van der Waals surface area contributed by atoms with Crippen LogP contribution in [0.2, 0.25) is 0 Å². The Morgan fingerprint density at radius 2 is 1.89 bits per heavy atom. The molecule has 4 heteroatoms. The molecule has 1 aliphatic rings. The number of carbonyl (C=O) groups excluding carboxylic acids is 1. The van der Waals surface area contributed by atoms with Crippen LogP contribution in [0.4, 0.5) is 0 Å². The summed E-state index contributed by atoms with van der Waals surface area (Å²) in [4.78, 5) is 15.4. The largest absolute Gasteiger partial charge is 0.339 e. The predicted molar refractivity (Wildman–Crippen MR) is 76.2 cm³/mol. The summed E-state index contributed by atoms with van der Waals surface area (Å²) in [5.41, 5.74) is 0.802. The molecule has 0 atom stereocenters. The Balaban J connectivity index is 1.98. The summed E-state index contributed by atoms with van der Waals surface area (Å²) in [5.74, 6) is 0.164. The molecule has 1 fully saturated rings. The molecule has 1 aromatic rings. The zero-order valence-electron chi connectivity index (χ0n) is 11.0. The van der Waals surface area contributed by atoms with Gasteiger partial charge in [0.25, 0.3) is 5.91 Å². The van der Waals surface area contributed by atoms with Gasteiger partial charge in [0.2, 0.25) is 0 Å². The van der Waals surface area contributed by atoms with E-state index in [1.54, 1.807) is 11.8 Å². The van der Waals surface area contributed by atoms with E-state index in [2.05, 4.69) is 5.32 Å². The SMILES string of the molecule is CNC1CCN(C(=O)c2ccc(SC)cc2)CC1. The second-order valence-electron chi connectivity index (χ2n) is 4.58. The van der Waals surface area contributed by atoms with Gasteiger partial charge in [-0.3, -0.25) is 4.79 Å². The Morgan fingerprint density at radius 1 is 1.28 bits per heavy atom. The highest BCUT2D eigenvalue weighted by Gasteiger charge is 2.22. The van der Waals surface area contributed by atoms with Crippen molar-refractivity contribution in [2.45, 2.75) is 23.8 Å². The molecule has 0 aromatic heterocycles. The van der Waals surface area contributed by atoms with Crippen LogP contribution in [0.15, 0.2) is 29.2 Å². The molecule has 98 valence electrons. The van der Waals surface area contributed by atoms with Crippen LogP contribution in [0.1, 0.15) is 23.2 Å². The molecule has 2 rings (SSSR count). The zero-order chi connectivity index (χ0) is 13.0. The third-order valence-corrected chi connectivity index (χ3v) is 4.27. The van der Waals surface area contributed by atoms with Gasteiger partial charge in [0.1, 0.15) is 0 Å². The van der Waals surface area contributed by atoms with Gasteiger partial charge in [0, 0.05) is 29.6 Å². The molecule has 1 amide bonds. The smallest absolute Gasteiger partial charge is 0.253 e. The number of likely N-dealkylation sites (tertiary alicyclic amines) is 1. The Bertz CT molecular complexity index is 397. The first kappa shape index (κ1) is 13.4. The van der Waals surface area contributed by atoms with Crippen LogP contribution in [0.5, 0.6) is 0 Å². The molecule has 1 aliphatic heterocycles. The van der Waals surface area contributed by atoms with Crippen molar-refractivity contribution in [3.8, 4) is 0 Å². The van der Waals surface area contributed by atoms with E-state index >= 15 is 0 Å². The molecule has 1 N–H and O–H groups in total. The molecule has 0 radical (unpaired) electrons. The van der Waals surface area contributed by atoms with Gasteiger partial charge in [-0.25, -0.2) is 0 Å². The number of amides is 1. The van der Waals surface area contributed by atoms with Crippen LogP contribution in [-0.4, -0.2) is 43.2 Å². The summed E-state index contributed by atoms with van der Waals surface area (Å²) in [5, 5.41) is 3.28. The van der Waals surface area contributed by atoms with Crippen molar-refractivity contribution in [2.75, 3.05) is 26.4 Å². The molecular weight excluding hydrogens is 244 g/mol. The van der Waals surface area contributed by atoms with Crippen LogP contribution in [-0.2, 0) is 0 Å². The van der Waals surface area contributed by atoms with Gasteiger partial charge < -0.3 is 10.2 Å². The van der Waals surface area contributed by atoms with Gasteiger partial charge in [-0.1, -0.05) is 0 Å². The van der Waals surface area contributed by atoms with Crippen molar-refractivity contribution in [3.05, 3.63) is 29.8 Å². The van der Waals surface area contributed by atoms with E-state index in [0.717, 1.165) is 31.5 Å². The summed E-state index contributed by atoms with van der Waals surface area (Å²) >= 11 is 1.69. The molecule has 3 nitrogen and oxygen atoms in total. The summed E-state index contributed by atoms with van der Waals surface area (Å²) in [7, 11) is 1.99. The topological polar surface area (TPSA) is 32.3 Å². The molecule has 0 unspecified atom stereocenters. The van der Waals surface area contributed by atoms with E-state index in [9.17, 15) is 4.79 Å². The number of carbonyl (C=O) groups is 1. The molecule has 0 bridgehead atoms. The number of nitrogens with one attached hydrogen (secondary N) is 1. The van der Waals surface area contributed by atoms with Crippen molar-refractivity contribution in [2.24, 2.45) is 0 Å². The maximum Gasteiger partial charge on any atom is 0.253 e. The number of hydrogen-bond donors (Lipinski definition) is 1. The highest BCUT2D eigenvalue weighted by atomic mass is 32.2. The fourth-order valence-electron chi connectivity index (χ4n) is 2.29. The highest BCUT2D eigenvalue weighted by molar-refractivity contribution is 7.98. The average Bonchev–Trinajstić information content (AvgIpc) is 2.47. The lowest BCUT2D eigenvalue weighted by Gasteiger charge is -2.31. The van der Waals surface area contributed by atoms with E-state index in [-0.39, 0.29) is 5.91 Å². The maximum absolute atomic E-state index is 12.3. The van der Waals surface area contributed by atoms with E-state index in [1.807, 2.05) is 42.5 Å². The lowest BCUT2D eigenvalue weighted by atomic mass is 10.0. The standard InChI is InChI=1S/C14H20N2OS/c1-15-12-7-9-16(10-8-12)14(17)11-3-5-13(18-2)6-4-11/h3-6,12,15H,7-10H2,1-2H3. The van der Waals surface area contributed by atoms with Crippen molar-refractivity contribution >= 4 is 17.7 Å². The average molecular weight is 264 g/mol. The van der Waals surface area contributed by atoms with Crippen LogP contribution >= 0.6 is 11.8 Å². The molecular formula is C14H20N2OS. The van der Waals surface area contributed by atoms with Gasteiger partial charge in [0.15, 0.2) is 0 Å². The van der Waals surface area contributed by atoms with E-state index in [1.165, 1.54) is 4.90 Å². The number of rotatable bonds is 3. The number of piperidine rings is 1. The summed E-state index contributed by atoms with van der Waals surface area (Å²) in [6.45, 7) is 1.71. The third kappa shape index (κ3) is 3.06. The normalized spacial score (nSPS) is 16.9. The fraction of sp³-hybridized carbons (Fsp3) is 0.500. The van der Waals surface area contributed by atoms with E-state index in [0.29, 0.717) is 6.04 Å². The fourth-order valence-corrected chi connectivity index (χ4v) is 2.70. The molecule has 1 aromatic carbocycles. The third-order valence-electron chi connectivity index (χ3n) is 3.53. The van der Waals surface area contributed by atoms with Crippen molar-refractivity contribution in [3.63, 3.8) is 0 Å². The van der Waals surface area contributed by atoms with Gasteiger partial charge in [-0.15, -0.1) is 11.8 Å². The van der Waals surface area contributed by atoms with E-state index < -0.39 is 0 Å². The molecule has 0 aliphatic carbocycles.